The molecule has 1 unspecified atom stereocenters. The molecule has 174 valence electrons. The standard InChI is InChI=1S/C26H26N4O4/c1-14-16(3-4-19-21(14)13-34-25(19)32)9-30-6-5-22-18(10-30)8-27-26(28-22)29-24-15(2)20-12-33-11-17(20)7-23(24)31/h3-4,8,11,24H,5-7,9-10,12-13H2,1-2H3,(H,27,28,29). The van der Waals surface area contributed by atoms with Crippen LogP contribution in [0.15, 0.2) is 41.3 Å². The van der Waals surface area contributed by atoms with Gasteiger partial charge in [0.2, 0.25) is 5.95 Å². The SMILES string of the molecule is CC1=C2COC=C2CC(=O)C1Nc1ncc2c(n1)CCN(Cc1ccc3c(c1C)COC3=O)C2. The average Bonchev–Trinajstić information content (AvgIpc) is 3.45. The number of benzene rings is 1. The van der Waals surface area contributed by atoms with E-state index in [0.29, 0.717) is 31.1 Å². The molecule has 0 amide bonds. The first-order chi connectivity index (χ1) is 16.5. The van der Waals surface area contributed by atoms with Gasteiger partial charge in [0, 0.05) is 55.4 Å². The Hall–Kier alpha value is -3.52. The van der Waals surface area contributed by atoms with Crippen molar-refractivity contribution >= 4 is 17.7 Å². The Balaban J connectivity index is 1.16. The van der Waals surface area contributed by atoms with Gasteiger partial charge in [0.05, 0.1) is 17.5 Å². The van der Waals surface area contributed by atoms with Gasteiger partial charge in [0.1, 0.15) is 19.3 Å². The van der Waals surface area contributed by atoms with E-state index in [1.807, 2.05) is 25.3 Å². The summed E-state index contributed by atoms with van der Waals surface area (Å²) in [7, 11) is 0. The lowest BCUT2D eigenvalue weighted by Crippen LogP contribution is -2.36. The van der Waals surface area contributed by atoms with Gasteiger partial charge in [-0.3, -0.25) is 9.69 Å². The lowest BCUT2D eigenvalue weighted by molar-refractivity contribution is -0.118. The highest BCUT2D eigenvalue weighted by Crippen LogP contribution is 2.33. The van der Waals surface area contributed by atoms with Gasteiger partial charge in [-0.05, 0) is 42.2 Å². The molecular weight excluding hydrogens is 432 g/mol. The lowest BCUT2D eigenvalue weighted by atomic mass is 9.85. The van der Waals surface area contributed by atoms with Crippen molar-refractivity contribution in [2.75, 3.05) is 18.5 Å². The molecule has 0 fully saturated rings. The molecule has 1 N–H and O–H groups in total. The van der Waals surface area contributed by atoms with Gasteiger partial charge in [0.25, 0.3) is 0 Å². The number of ketones is 1. The second kappa shape index (κ2) is 8.06. The van der Waals surface area contributed by atoms with E-state index in [0.717, 1.165) is 65.2 Å². The summed E-state index contributed by atoms with van der Waals surface area (Å²) in [5.41, 5.74) is 9.27. The van der Waals surface area contributed by atoms with E-state index in [-0.39, 0.29) is 11.8 Å². The fraction of sp³-hybridized carbons (Fsp3) is 0.385. The summed E-state index contributed by atoms with van der Waals surface area (Å²) in [6, 6.07) is 3.51. The molecule has 1 aromatic carbocycles. The van der Waals surface area contributed by atoms with Gasteiger partial charge in [-0.25, -0.2) is 14.8 Å². The highest BCUT2D eigenvalue weighted by Gasteiger charge is 2.33. The summed E-state index contributed by atoms with van der Waals surface area (Å²) < 4.78 is 10.6. The maximum absolute atomic E-state index is 12.7. The van der Waals surface area contributed by atoms with Crippen molar-refractivity contribution in [3.8, 4) is 0 Å². The molecule has 8 heteroatoms. The van der Waals surface area contributed by atoms with Crippen molar-refractivity contribution in [2.45, 2.75) is 52.4 Å². The number of carbonyl (C=O) groups is 2. The predicted molar refractivity (Wildman–Crippen MR) is 124 cm³/mol. The van der Waals surface area contributed by atoms with Crippen molar-refractivity contribution in [2.24, 2.45) is 0 Å². The summed E-state index contributed by atoms with van der Waals surface area (Å²) in [6.45, 7) is 7.38. The molecule has 8 nitrogen and oxygen atoms in total. The maximum Gasteiger partial charge on any atom is 0.338 e. The van der Waals surface area contributed by atoms with Crippen molar-refractivity contribution < 1.29 is 19.1 Å². The third-order valence-corrected chi connectivity index (χ3v) is 7.40. The van der Waals surface area contributed by atoms with Gasteiger partial charge < -0.3 is 14.8 Å². The number of cyclic esters (lactones) is 1. The summed E-state index contributed by atoms with van der Waals surface area (Å²) in [6.07, 6.45) is 4.77. The number of hydrogen-bond acceptors (Lipinski definition) is 8. The Morgan fingerprint density at radius 1 is 1.21 bits per heavy atom. The monoisotopic (exact) mass is 458 g/mol. The number of aromatic nitrogens is 2. The van der Waals surface area contributed by atoms with Crippen molar-refractivity contribution in [1.82, 2.24) is 14.9 Å². The number of fused-ring (bicyclic) bond motifs is 3. The summed E-state index contributed by atoms with van der Waals surface area (Å²) in [5, 5.41) is 3.26. The first kappa shape index (κ1) is 21.0. The van der Waals surface area contributed by atoms with E-state index < -0.39 is 6.04 Å². The minimum atomic E-state index is -0.411. The fourth-order valence-corrected chi connectivity index (χ4v) is 5.32. The number of carbonyl (C=O) groups excluding carboxylic acids is 2. The molecule has 1 aromatic heterocycles. The van der Waals surface area contributed by atoms with Gasteiger partial charge in [-0.1, -0.05) is 6.07 Å². The zero-order valence-corrected chi connectivity index (χ0v) is 19.3. The Labute approximate surface area is 197 Å². The van der Waals surface area contributed by atoms with Crippen LogP contribution >= 0.6 is 0 Å². The molecule has 0 saturated heterocycles. The number of nitrogens with zero attached hydrogens (tertiary/aromatic N) is 3. The molecule has 0 saturated carbocycles. The quantitative estimate of drug-likeness (QED) is 0.699. The van der Waals surface area contributed by atoms with Crippen LogP contribution in [0.25, 0.3) is 0 Å². The summed E-state index contributed by atoms with van der Waals surface area (Å²) in [4.78, 5) is 36.2. The van der Waals surface area contributed by atoms with Crippen LogP contribution in [0.4, 0.5) is 5.95 Å². The second-order valence-corrected chi connectivity index (χ2v) is 9.41. The number of ether oxygens (including phenoxy) is 2. The molecule has 1 aliphatic carbocycles. The molecule has 4 heterocycles. The van der Waals surface area contributed by atoms with Crippen LogP contribution in [0.2, 0.25) is 0 Å². The van der Waals surface area contributed by atoms with Gasteiger partial charge in [-0.2, -0.15) is 0 Å². The fourth-order valence-electron chi connectivity index (χ4n) is 5.32. The highest BCUT2D eigenvalue weighted by atomic mass is 16.5. The minimum absolute atomic E-state index is 0.113. The van der Waals surface area contributed by atoms with E-state index in [1.165, 1.54) is 5.56 Å². The molecule has 1 atom stereocenters. The van der Waals surface area contributed by atoms with Gasteiger partial charge >= 0.3 is 5.97 Å². The van der Waals surface area contributed by atoms with E-state index in [2.05, 4.69) is 22.1 Å². The van der Waals surface area contributed by atoms with E-state index >= 15 is 0 Å². The topological polar surface area (TPSA) is 93.7 Å². The Kier molecular flexibility index (Phi) is 4.99. The summed E-state index contributed by atoms with van der Waals surface area (Å²) >= 11 is 0. The van der Waals surface area contributed by atoms with E-state index in [1.54, 1.807) is 6.26 Å². The first-order valence-corrected chi connectivity index (χ1v) is 11.6. The van der Waals surface area contributed by atoms with Gasteiger partial charge in [-0.15, -0.1) is 0 Å². The Morgan fingerprint density at radius 3 is 2.97 bits per heavy atom. The minimum Gasteiger partial charge on any atom is -0.496 e. The molecule has 2 aromatic rings. The van der Waals surface area contributed by atoms with Crippen LogP contribution in [0.3, 0.4) is 0 Å². The molecule has 0 spiro atoms. The third-order valence-electron chi connectivity index (χ3n) is 7.40. The number of rotatable bonds is 4. The van der Waals surface area contributed by atoms with Crippen LogP contribution in [-0.2, 0) is 40.4 Å². The number of Topliss-reactive ketones (excluding diaryl/α,β-unsaturated/α-hetero) is 1. The van der Waals surface area contributed by atoms with Crippen LogP contribution in [0.5, 0.6) is 0 Å². The normalized spacial score (nSPS) is 21.5. The van der Waals surface area contributed by atoms with Crippen LogP contribution in [0, 0.1) is 6.92 Å². The van der Waals surface area contributed by atoms with Crippen molar-refractivity contribution in [1.29, 1.82) is 0 Å². The van der Waals surface area contributed by atoms with Crippen LogP contribution < -0.4 is 5.32 Å². The van der Waals surface area contributed by atoms with Crippen LogP contribution in [0.1, 0.15) is 51.7 Å². The Bertz CT molecular complexity index is 1300. The number of anilines is 1. The molecule has 6 rings (SSSR count). The van der Waals surface area contributed by atoms with Crippen LogP contribution in [-0.4, -0.2) is 45.8 Å². The largest absolute Gasteiger partial charge is 0.496 e. The first-order valence-electron chi connectivity index (χ1n) is 11.6. The van der Waals surface area contributed by atoms with E-state index in [4.69, 9.17) is 14.5 Å². The predicted octanol–water partition coefficient (Wildman–Crippen LogP) is 3.00. The molecule has 4 aliphatic rings. The van der Waals surface area contributed by atoms with Crippen molar-refractivity contribution in [3.63, 3.8) is 0 Å². The molecule has 3 aliphatic heterocycles. The van der Waals surface area contributed by atoms with E-state index in [9.17, 15) is 9.59 Å². The molecular formula is C26H26N4O4. The number of esters is 1. The lowest BCUT2D eigenvalue weighted by Gasteiger charge is -2.29. The maximum atomic E-state index is 12.7. The Morgan fingerprint density at radius 2 is 2.09 bits per heavy atom. The number of hydrogen-bond donors (Lipinski definition) is 1. The smallest absolute Gasteiger partial charge is 0.338 e. The summed E-state index contributed by atoms with van der Waals surface area (Å²) in [5.74, 6) is 0.381. The highest BCUT2D eigenvalue weighted by molar-refractivity contribution is 5.95. The van der Waals surface area contributed by atoms with Crippen molar-refractivity contribution in [3.05, 3.63) is 74.8 Å². The third kappa shape index (κ3) is 3.49. The second-order valence-electron chi connectivity index (χ2n) is 9.41. The molecule has 0 bridgehead atoms. The number of nitrogens with one attached hydrogen (secondary N) is 1. The molecule has 0 radical (unpaired) electrons. The zero-order valence-electron chi connectivity index (χ0n) is 19.3. The average molecular weight is 459 g/mol. The molecule has 34 heavy (non-hydrogen) atoms. The van der Waals surface area contributed by atoms with Gasteiger partial charge in [0.15, 0.2) is 5.78 Å². The zero-order chi connectivity index (χ0) is 23.4.